The molecule has 2 heterocycles. The molecule has 0 fully saturated rings. The fourth-order valence-corrected chi connectivity index (χ4v) is 2.97. The van der Waals surface area contributed by atoms with Gasteiger partial charge in [0.25, 0.3) is 5.91 Å². The molecule has 0 unspecified atom stereocenters. The second kappa shape index (κ2) is 8.98. The number of benzene rings is 2. The number of ether oxygens (including phenoxy) is 1. The predicted octanol–water partition coefficient (Wildman–Crippen LogP) is 4.65. The molecule has 0 spiro atoms. The number of aromatic nitrogens is 3. The highest BCUT2D eigenvalue weighted by molar-refractivity contribution is 9.10. The normalized spacial score (nSPS) is 10.6. The molecular weight excluding hydrogens is 479 g/mol. The van der Waals surface area contributed by atoms with Crippen LogP contribution in [0.2, 0.25) is 0 Å². The Balaban J connectivity index is 1.49. The van der Waals surface area contributed by atoms with Gasteiger partial charge >= 0.3 is 6.01 Å². The molecule has 160 valence electrons. The number of nitrogen functional groups attached to an aromatic ring is 2. The Bertz CT molecular complexity index is 1280. The number of hydrogen-bond donors (Lipinski definition) is 3. The first-order valence-corrected chi connectivity index (χ1v) is 10.1. The van der Waals surface area contributed by atoms with Crippen LogP contribution in [0.4, 0.5) is 21.6 Å². The Morgan fingerprint density at radius 3 is 2.41 bits per heavy atom. The largest absolute Gasteiger partial charge is 0.424 e. The van der Waals surface area contributed by atoms with E-state index in [2.05, 4.69) is 36.2 Å². The van der Waals surface area contributed by atoms with Crippen LogP contribution in [0.15, 0.2) is 71.5 Å². The molecule has 4 rings (SSSR count). The van der Waals surface area contributed by atoms with Crippen molar-refractivity contribution in [2.75, 3.05) is 16.8 Å². The van der Waals surface area contributed by atoms with Gasteiger partial charge in [0.1, 0.15) is 17.4 Å². The third-order valence-corrected chi connectivity index (χ3v) is 4.79. The summed E-state index contributed by atoms with van der Waals surface area (Å²) in [7, 11) is 0. The maximum absolute atomic E-state index is 14.4. The van der Waals surface area contributed by atoms with Crippen molar-refractivity contribution in [2.24, 2.45) is 0 Å². The maximum atomic E-state index is 14.4. The molecule has 2 aromatic heterocycles. The second-order valence-corrected chi connectivity index (χ2v) is 7.55. The number of carbonyl (C=O) groups excluding carboxylic acids is 1. The number of amides is 1. The zero-order valence-electron chi connectivity index (χ0n) is 16.4. The molecule has 8 nitrogen and oxygen atoms in total. The molecular formula is C22H16BrFN6O2. The van der Waals surface area contributed by atoms with E-state index in [-0.39, 0.29) is 17.4 Å². The summed E-state index contributed by atoms with van der Waals surface area (Å²) in [6.07, 6.45) is 3.13. The molecule has 0 aliphatic carbocycles. The van der Waals surface area contributed by atoms with Crippen LogP contribution < -0.4 is 21.5 Å². The smallest absolute Gasteiger partial charge is 0.321 e. The zero-order valence-corrected chi connectivity index (χ0v) is 18.0. The van der Waals surface area contributed by atoms with Crippen LogP contribution in [-0.4, -0.2) is 20.9 Å². The molecule has 2 aromatic carbocycles. The summed E-state index contributed by atoms with van der Waals surface area (Å²) in [5, 5.41) is 2.66. The highest BCUT2D eigenvalue weighted by Gasteiger charge is 2.15. The molecule has 1 amide bonds. The van der Waals surface area contributed by atoms with Crippen molar-refractivity contribution in [3.8, 4) is 23.0 Å². The fourth-order valence-electron chi connectivity index (χ4n) is 2.77. The third kappa shape index (κ3) is 4.81. The van der Waals surface area contributed by atoms with Gasteiger partial charge in [-0.25, -0.2) is 19.3 Å². The first-order valence-electron chi connectivity index (χ1n) is 9.28. The number of rotatable bonds is 5. The predicted molar refractivity (Wildman–Crippen MR) is 123 cm³/mol. The summed E-state index contributed by atoms with van der Waals surface area (Å²) < 4.78 is 20.6. The first-order chi connectivity index (χ1) is 15.4. The fraction of sp³-hybridized carbons (Fsp3) is 0. The number of hydrogen-bond acceptors (Lipinski definition) is 7. The summed E-state index contributed by atoms with van der Waals surface area (Å²) >= 11 is 3.25. The van der Waals surface area contributed by atoms with Crippen molar-refractivity contribution in [1.29, 1.82) is 0 Å². The van der Waals surface area contributed by atoms with Gasteiger partial charge in [0.05, 0.1) is 21.4 Å². The Kier molecular flexibility index (Phi) is 5.95. The van der Waals surface area contributed by atoms with Crippen molar-refractivity contribution in [3.63, 3.8) is 0 Å². The lowest BCUT2D eigenvalue weighted by atomic mass is 10.1. The van der Waals surface area contributed by atoms with Crippen LogP contribution >= 0.6 is 15.9 Å². The number of anilines is 3. The zero-order chi connectivity index (χ0) is 22.7. The minimum Gasteiger partial charge on any atom is -0.424 e. The van der Waals surface area contributed by atoms with Crippen LogP contribution in [0.5, 0.6) is 11.8 Å². The SMILES string of the molecule is Nc1ccc(-c2ccc(F)c(C(=O)Nc3ccc(Oc4ncc(Br)cn4)cc3)c2)nc1N. The van der Waals surface area contributed by atoms with Crippen LogP contribution in [-0.2, 0) is 0 Å². The van der Waals surface area contributed by atoms with Gasteiger partial charge in [-0.15, -0.1) is 0 Å². The number of nitrogens with one attached hydrogen (secondary N) is 1. The topological polar surface area (TPSA) is 129 Å². The molecule has 32 heavy (non-hydrogen) atoms. The van der Waals surface area contributed by atoms with E-state index in [0.29, 0.717) is 28.4 Å². The minimum absolute atomic E-state index is 0.136. The minimum atomic E-state index is -0.665. The van der Waals surface area contributed by atoms with Crippen LogP contribution in [0.3, 0.4) is 0 Å². The molecule has 0 aliphatic heterocycles. The molecule has 0 atom stereocenters. The molecule has 5 N–H and O–H groups in total. The third-order valence-electron chi connectivity index (χ3n) is 4.38. The van der Waals surface area contributed by atoms with E-state index in [1.807, 2.05) is 0 Å². The standard InChI is InChI=1S/C22H16BrFN6O2/c23-13-10-27-22(28-11-13)32-15-4-2-14(3-5-15)29-21(31)16-9-12(1-6-17(16)24)19-8-7-18(25)20(26)30-19/h1-11H,25H2,(H2,26,30)(H,29,31). The number of pyridine rings is 1. The van der Waals surface area contributed by atoms with E-state index in [1.54, 1.807) is 48.8 Å². The van der Waals surface area contributed by atoms with Crippen LogP contribution in [0, 0.1) is 5.82 Å². The van der Waals surface area contributed by atoms with Gasteiger partial charge in [-0.05, 0) is 70.5 Å². The van der Waals surface area contributed by atoms with E-state index in [1.165, 1.54) is 18.2 Å². The number of nitrogens with two attached hydrogens (primary N) is 2. The molecule has 0 aliphatic rings. The number of carbonyl (C=O) groups is 1. The molecule has 0 saturated carbocycles. The Morgan fingerprint density at radius 1 is 1.00 bits per heavy atom. The summed E-state index contributed by atoms with van der Waals surface area (Å²) in [5.41, 5.74) is 13.1. The van der Waals surface area contributed by atoms with Gasteiger partial charge in [-0.1, -0.05) is 0 Å². The highest BCUT2D eigenvalue weighted by atomic mass is 79.9. The lowest BCUT2D eigenvalue weighted by Crippen LogP contribution is -2.14. The van der Waals surface area contributed by atoms with E-state index in [0.717, 1.165) is 4.47 Å². The first kappa shape index (κ1) is 21.2. The van der Waals surface area contributed by atoms with Crippen molar-refractivity contribution in [2.45, 2.75) is 0 Å². The van der Waals surface area contributed by atoms with Crippen molar-refractivity contribution in [1.82, 2.24) is 15.0 Å². The summed E-state index contributed by atoms with van der Waals surface area (Å²) in [4.78, 5) is 24.9. The van der Waals surface area contributed by atoms with E-state index in [4.69, 9.17) is 16.2 Å². The molecule has 10 heteroatoms. The van der Waals surface area contributed by atoms with E-state index >= 15 is 0 Å². The summed E-state index contributed by atoms with van der Waals surface area (Å²) in [5.74, 6) is -0.640. The second-order valence-electron chi connectivity index (χ2n) is 6.63. The average molecular weight is 495 g/mol. The Hall–Kier alpha value is -4.05. The van der Waals surface area contributed by atoms with Gasteiger partial charge < -0.3 is 21.5 Å². The number of nitrogens with zero attached hydrogens (tertiary/aromatic N) is 3. The molecule has 0 saturated heterocycles. The van der Waals surface area contributed by atoms with Gasteiger partial charge in [-0.2, -0.15) is 0 Å². The maximum Gasteiger partial charge on any atom is 0.321 e. The summed E-state index contributed by atoms with van der Waals surface area (Å²) in [6.45, 7) is 0. The van der Waals surface area contributed by atoms with Gasteiger partial charge in [-0.3, -0.25) is 4.79 Å². The lowest BCUT2D eigenvalue weighted by Gasteiger charge is -2.10. The van der Waals surface area contributed by atoms with E-state index in [9.17, 15) is 9.18 Å². The van der Waals surface area contributed by atoms with Crippen molar-refractivity contribution < 1.29 is 13.9 Å². The highest BCUT2D eigenvalue weighted by Crippen LogP contribution is 2.25. The van der Waals surface area contributed by atoms with Crippen molar-refractivity contribution in [3.05, 3.63) is 82.8 Å². The molecule has 4 aromatic rings. The lowest BCUT2D eigenvalue weighted by molar-refractivity contribution is 0.102. The van der Waals surface area contributed by atoms with Gasteiger partial charge in [0.15, 0.2) is 0 Å². The average Bonchev–Trinajstić information content (AvgIpc) is 2.79. The van der Waals surface area contributed by atoms with Crippen LogP contribution in [0.1, 0.15) is 10.4 Å². The quantitative estimate of drug-likeness (QED) is 0.368. The Morgan fingerprint density at radius 2 is 1.72 bits per heavy atom. The van der Waals surface area contributed by atoms with E-state index < -0.39 is 11.7 Å². The molecule has 0 radical (unpaired) electrons. The Labute approximate surface area is 190 Å². The molecule has 0 bridgehead atoms. The van der Waals surface area contributed by atoms with Crippen LogP contribution in [0.25, 0.3) is 11.3 Å². The number of halogens is 2. The summed E-state index contributed by atoms with van der Waals surface area (Å²) in [6, 6.07) is 14.1. The van der Waals surface area contributed by atoms with Gasteiger partial charge in [0, 0.05) is 23.6 Å². The van der Waals surface area contributed by atoms with Gasteiger partial charge in [0.2, 0.25) is 0 Å². The van der Waals surface area contributed by atoms with Crippen molar-refractivity contribution >= 4 is 39.0 Å². The monoisotopic (exact) mass is 494 g/mol.